The maximum atomic E-state index is 12.4. The van der Waals surface area contributed by atoms with E-state index in [9.17, 15) is 4.79 Å². The van der Waals surface area contributed by atoms with Gasteiger partial charge in [0, 0.05) is 17.7 Å². The van der Waals surface area contributed by atoms with Crippen LogP contribution in [0.1, 0.15) is 71.4 Å². The predicted octanol–water partition coefficient (Wildman–Crippen LogP) is 6.40. The summed E-state index contributed by atoms with van der Waals surface area (Å²) in [6.45, 7) is 8.05. The number of carbonyl (C=O) groups is 1. The molecule has 4 heteroatoms. The van der Waals surface area contributed by atoms with E-state index < -0.39 is 5.60 Å². The molecule has 2 N–H and O–H groups in total. The first kappa shape index (κ1) is 23.7. The molecule has 1 amide bonds. The van der Waals surface area contributed by atoms with E-state index in [0.29, 0.717) is 29.5 Å². The summed E-state index contributed by atoms with van der Waals surface area (Å²) in [5.74, 6) is 0.994. The topological polar surface area (TPSA) is 50.4 Å². The van der Waals surface area contributed by atoms with Crippen molar-refractivity contribution in [3.63, 3.8) is 0 Å². The van der Waals surface area contributed by atoms with Crippen molar-refractivity contribution in [2.75, 3.05) is 0 Å². The Morgan fingerprint density at radius 2 is 1.88 bits per heavy atom. The van der Waals surface area contributed by atoms with Gasteiger partial charge in [0.1, 0.15) is 0 Å². The van der Waals surface area contributed by atoms with Crippen LogP contribution in [0.5, 0.6) is 0 Å². The summed E-state index contributed by atoms with van der Waals surface area (Å²) < 4.78 is 0. The Labute approximate surface area is 198 Å². The third kappa shape index (κ3) is 6.13. The van der Waals surface area contributed by atoms with Gasteiger partial charge in [-0.1, -0.05) is 67.1 Å². The number of hydrogen-bond donors (Lipinski definition) is 2. The number of rotatable bonds is 6. The standard InChI is InChI=1S/C29H38N2O2/c1-20(26-14-8-10-22-9-5-6-13-27(22)26)30-25-12-7-11-24(19-25)21-15-17-23(18-16-21)28(32)31-33-29(2,3)4/h5-6,8-10,13-15,17-18,20-21,24-25,30H,7,11-12,16,19H2,1-4H3,(H,31,32)/t20-,21?,24+,25+/m1/s1. The van der Waals surface area contributed by atoms with Gasteiger partial charge in [0.05, 0.1) is 5.60 Å². The summed E-state index contributed by atoms with van der Waals surface area (Å²) >= 11 is 0. The molecule has 2 aliphatic rings. The highest BCUT2D eigenvalue weighted by molar-refractivity contribution is 5.95. The van der Waals surface area contributed by atoms with Gasteiger partial charge in [0.25, 0.3) is 5.91 Å². The molecule has 0 aliphatic heterocycles. The lowest BCUT2D eigenvalue weighted by atomic mass is 9.75. The summed E-state index contributed by atoms with van der Waals surface area (Å²) in [7, 11) is 0. The Hall–Kier alpha value is -2.43. The van der Waals surface area contributed by atoms with Crippen LogP contribution in [-0.4, -0.2) is 17.6 Å². The molecule has 0 saturated heterocycles. The molecule has 0 heterocycles. The van der Waals surface area contributed by atoms with Gasteiger partial charge in [0.2, 0.25) is 0 Å². The molecule has 2 aliphatic carbocycles. The molecule has 176 valence electrons. The van der Waals surface area contributed by atoms with Gasteiger partial charge in [-0.25, -0.2) is 5.48 Å². The van der Waals surface area contributed by atoms with Crippen molar-refractivity contribution >= 4 is 16.7 Å². The summed E-state index contributed by atoms with van der Waals surface area (Å²) in [4.78, 5) is 17.8. The summed E-state index contributed by atoms with van der Waals surface area (Å²) in [6.07, 6.45) is 12.2. The quantitative estimate of drug-likeness (QED) is 0.505. The number of carbonyl (C=O) groups excluding carboxylic acids is 1. The van der Waals surface area contributed by atoms with Crippen molar-refractivity contribution in [3.05, 3.63) is 71.8 Å². The maximum absolute atomic E-state index is 12.4. The molecule has 2 aromatic rings. The van der Waals surface area contributed by atoms with E-state index in [4.69, 9.17) is 4.84 Å². The van der Waals surface area contributed by atoms with Gasteiger partial charge >= 0.3 is 0 Å². The highest BCUT2D eigenvalue weighted by Crippen LogP contribution is 2.36. The lowest BCUT2D eigenvalue weighted by molar-refractivity contribution is -0.141. The van der Waals surface area contributed by atoms with E-state index in [2.05, 4.69) is 72.3 Å². The van der Waals surface area contributed by atoms with Crippen molar-refractivity contribution in [1.82, 2.24) is 10.8 Å². The van der Waals surface area contributed by atoms with Gasteiger partial charge in [-0.05, 0) is 81.5 Å². The minimum absolute atomic E-state index is 0.160. The van der Waals surface area contributed by atoms with Crippen molar-refractivity contribution in [2.45, 2.75) is 77.5 Å². The van der Waals surface area contributed by atoms with E-state index in [0.717, 1.165) is 6.42 Å². The largest absolute Gasteiger partial charge is 0.307 e. The molecule has 0 spiro atoms. The monoisotopic (exact) mass is 446 g/mol. The van der Waals surface area contributed by atoms with Crippen LogP contribution < -0.4 is 10.8 Å². The fourth-order valence-corrected chi connectivity index (χ4v) is 5.25. The van der Waals surface area contributed by atoms with E-state index in [-0.39, 0.29) is 5.91 Å². The predicted molar refractivity (Wildman–Crippen MR) is 136 cm³/mol. The van der Waals surface area contributed by atoms with E-state index in [1.807, 2.05) is 26.8 Å². The second-order valence-corrected chi connectivity index (χ2v) is 10.6. The Morgan fingerprint density at radius 3 is 2.64 bits per heavy atom. The van der Waals surface area contributed by atoms with E-state index >= 15 is 0 Å². The highest BCUT2D eigenvalue weighted by atomic mass is 16.7. The van der Waals surface area contributed by atoms with Crippen molar-refractivity contribution in [1.29, 1.82) is 0 Å². The first-order valence-electron chi connectivity index (χ1n) is 12.4. The molecule has 4 rings (SSSR count). The van der Waals surface area contributed by atoms with Gasteiger partial charge in [-0.15, -0.1) is 0 Å². The van der Waals surface area contributed by atoms with Gasteiger partial charge in [0.15, 0.2) is 0 Å². The molecule has 1 fully saturated rings. The lowest BCUT2D eigenvalue weighted by Crippen LogP contribution is -2.38. The third-order valence-electron chi connectivity index (χ3n) is 6.94. The Balaban J connectivity index is 1.33. The average molecular weight is 447 g/mol. The van der Waals surface area contributed by atoms with E-state index in [1.54, 1.807) is 0 Å². The summed E-state index contributed by atoms with van der Waals surface area (Å²) in [6, 6.07) is 16.1. The first-order chi connectivity index (χ1) is 15.8. The van der Waals surface area contributed by atoms with Crippen LogP contribution in [0.15, 0.2) is 66.3 Å². The SMILES string of the molecule is C[C@@H](N[C@H]1CCC[C@H](C2C=CC(C(=O)NOC(C)(C)C)=CC2)C1)c1cccc2ccccc12. The number of hydrogen-bond acceptors (Lipinski definition) is 3. The summed E-state index contributed by atoms with van der Waals surface area (Å²) in [5.41, 5.74) is 4.25. The second-order valence-electron chi connectivity index (χ2n) is 10.6. The minimum Gasteiger partial charge on any atom is -0.307 e. The molecular formula is C29H38N2O2. The molecule has 33 heavy (non-hydrogen) atoms. The van der Waals surface area contributed by atoms with Gasteiger partial charge in [-0.2, -0.15) is 0 Å². The fraction of sp³-hybridized carbons (Fsp3) is 0.483. The molecule has 0 aromatic heterocycles. The lowest BCUT2D eigenvalue weighted by Gasteiger charge is -2.36. The van der Waals surface area contributed by atoms with Crippen molar-refractivity contribution < 1.29 is 9.63 Å². The Morgan fingerprint density at radius 1 is 1.09 bits per heavy atom. The molecule has 4 nitrogen and oxygen atoms in total. The maximum Gasteiger partial charge on any atom is 0.274 e. The minimum atomic E-state index is -0.398. The molecule has 0 radical (unpaired) electrons. The molecule has 4 atom stereocenters. The van der Waals surface area contributed by atoms with E-state index in [1.165, 1.54) is 42.0 Å². The van der Waals surface area contributed by atoms with Crippen LogP contribution in [-0.2, 0) is 9.63 Å². The second kappa shape index (κ2) is 10.2. The number of allylic oxidation sites excluding steroid dienone is 2. The first-order valence-corrected chi connectivity index (χ1v) is 12.4. The zero-order valence-corrected chi connectivity index (χ0v) is 20.4. The molecular weight excluding hydrogens is 408 g/mol. The number of hydroxylamine groups is 1. The van der Waals surface area contributed by atoms with Crippen molar-refractivity contribution in [2.24, 2.45) is 11.8 Å². The molecule has 0 bridgehead atoms. The smallest absolute Gasteiger partial charge is 0.274 e. The highest BCUT2D eigenvalue weighted by Gasteiger charge is 2.29. The van der Waals surface area contributed by atoms with Crippen LogP contribution in [0.4, 0.5) is 0 Å². The molecule has 1 unspecified atom stereocenters. The third-order valence-corrected chi connectivity index (χ3v) is 6.94. The van der Waals surface area contributed by atoms with Crippen LogP contribution in [0.3, 0.4) is 0 Å². The number of amides is 1. The van der Waals surface area contributed by atoms with Crippen LogP contribution >= 0.6 is 0 Å². The fourth-order valence-electron chi connectivity index (χ4n) is 5.25. The number of fused-ring (bicyclic) bond motifs is 1. The number of nitrogens with one attached hydrogen (secondary N) is 2. The van der Waals surface area contributed by atoms with Gasteiger partial charge in [-0.3, -0.25) is 9.63 Å². The molecule has 1 saturated carbocycles. The van der Waals surface area contributed by atoms with Gasteiger partial charge < -0.3 is 5.32 Å². The average Bonchev–Trinajstić information content (AvgIpc) is 2.82. The van der Waals surface area contributed by atoms with Crippen LogP contribution in [0.25, 0.3) is 10.8 Å². The molecule has 2 aromatic carbocycles. The number of benzene rings is 2. The normalized spacial score (nSPS) is 24.4. The van der Waals surface area contributed by atoms with Crippen LogP contribution in [0.2, 0.25) is 0 Å². The van der Waals surface area contributed by atoms with Crippen LogP contribution in [0, 0.1) is 11.8 Å². The zero-order chi connectivity index (χ0) is 23.4. The Bertz CT molecular complexity index is 1030. The zero-order valence-electron chi connectivity index (χ0n) is 20.4. The Kier molecular flexibility index (Phi) is 7.35. The van der Waals surface area contributed by atoms with Crippen molar-refractivity contribution in [3.8, 4) is 0 Å². The summed E-state index contributed by atoms with van der Waals surface area (Å²) in [5, 5.41) is 6.58.